The quantitative estimate of drug-likeness (QED) is 0.578. The SMILES string of the molecule is CC(C)c1ccc([C@@H]2Nc3c(F)cc(Br)cc3[C@H]3C=CC[C@@H]32)cc1. The zero-order valence-electron chi connectivity index (χ0n) is 13.9. The maximum Gasteiger partial charge on any atom is 0.147 e. The van der Waals surface area contributed by atoms with Crippen molar-refractivity contribution in [3.8, 4) is 0 Å². The average Bonchev–Trinajstić information content (AvgIpc) is 3.04. The number of benzene rings is 2. The van der Waals surface area contributed by atoms with Gasteiger partial charge in [0.05, 0.1) is 11.7 Å². The van der Waals surface area contributed by atoms with Gasteiger partial charge in [0.1, 0.15) is 5.82 Å². The Labute approximate surface area is 151 Å². The maximum absolute atomic E-state index is 14.5. The molecule has 0 unspecified atom stereocenters. The number of hydrogen-bond donors (Lipinski definition) is 1. The Morgan fingerprint density at radius 2 is 1.92 bits per heavy atom. The summed E-state index contributed by atoms with van der Waals surface area (Å²) >= 11 is 3.43. The molecule has 1 nitrogen and oxygen atoms in total. The lowest BCUT2D eigenvalue weighted by Gasteiger charge is -2.37. The van der Waals surface area contributed by atoms with E-state index in [2.05, 4.69) is 77.6 Å². The van der Waals surface area contributed by atoms with Crippen molar-refractivity contribution in [3.63, 3.8) is 0 Å². The van der Waals surface area contributed by atoms with Gasteiger partial charge in [0.2, 0.25) is 0 Å². The van der Waals surface area contributed by atoms with Crippen LogP contribution in [0.4, 0.5) is 10.1 Å². The summed E-state index contributed by atoms with van der Waals surface area (Å²) in [4.78, 5) is 0. The van der Waals surface area contributed by atoms with E-state index >= 15 is 0 Å². The first kappa shape index (κ1) is 15.9. The van der Waals surface area contributed by atoms with E-state index < -0.39 is 0 Å². The van der Waals surface area contributed by atoms with Crippen molar-refractivity contribution < 1.29 is 4.39 Å². The van der Waals surface area contributed by atoms with E-state index in [0.717, 1.165) is 16.5 Å². The molecular formula is C21H21BrFN. The molecule has 0 aromatic heterocycles. The molecule has 124 valence electrons. The van der Waals surface area contributed by atoms with Gasteiger partial charge in [-0.25, -0.2) is 4.39 Å². The number of hydrogen-bond acceptors (Lipinski definition) is 1. The molecule has 2 aromatic carbocycles. The van der Waals surface area contributed by atoms with Crippen LogP contribution in [-0.4, -0.2) is 0 Å². The average molecular weight is 386 g/mol. The summed E-state index contributed by atoms with van der Waals surface area (Å²) in [6.07, 6.45) is 5.51. The molecule has 3 heteroatoms. The maximum atomic E-state index is 14.5. The summed E-state index contributed by atoms with van der Waals surface area (Å²) < 4.78 is 15.3. The Kier molecular flexibility index (Phi) is 4.00. The van der Waals surface area contributed by atoms with Crippen molar-refractivity contribution >= 4 is 21.6 Å². The van der Waals surface area contributed by atoms with E-state index in [0.29, 0.717) is 17.5 Å². The fourth-order valence-corrected chi connectivity index (χ4v) is 4.49. The van der Waals surface area contributed by atoms with Crippen LogP contribution in [0.2, 0.25) is 0 Å². The predicted molar refractivity (Wildman–Crippen MR) is 101 cm³/mol. The third kappa shape index (κ3) is 2.59. The van der Waals surface area contributed by atoms with E-state index in [4.69, 9.17) is 0 Å². The molecule has 24 heavy (non-hydrogen) atoms. The Morgan fingerprint density at radius 1 is 1.17 bits per heavy atom. The molecular weight excluding hydrogens is 365 g/mol. The van der Waals surface area contributed by atoms with Crippen molar-refractivity contribution in [3.05, 3.63) is 75.5 Å². The number of fused-ring (bicyclic) bond motifs is 3. The van der Waals surface area contributed by atoms with Crippen molar-refractivity contribution in [1.82, 2.24) is 0 Å². The van der Waals surface area contributed by atoms with Crippen LogP contribution >= 0.6 is 15.9 Å². The van der Waals surface area contributed by atoms with Crippen LogP contribution in [0, 0.1) is 11.7 Å². The van der Waals surface area contributed by atoms with Crippen LogP contribution < -0.4 is 5.32 Å². The normalized spacial score (nSPS) is 24.6. The number of halogens is 2. The van der Waals surface area contributed by atoms with Crippen LogP contribution in [0.25, 0.3) is 0 Å². The smallest absolute Gasteiger partial charge is 0.147 e. The van der Waals surface area contributed by atoms with Gasteiger partial charge in [-0.1, -0.05) is 66.2 Å². The van der Waals surface area contributed by atoms with Crippen molar-refractivity contribution in [2.24, 2.45) is 5.92 Å². The molecule has 1 heterocycles. The Morgan fingerprint density at radius 3 is 2.62 bits per heavy atom. The predicted octanol–water partition coefficient (Wildman–Crippen LogP) is 6.54. The Hall–Kier alpha value is -1.61. The number of anilines is 1. The monoisotopic (exact) mass is 385 g/mol. The van der Waals surface area contributed by atoms with Gasteiger partial charge >= 0.3 is 0 Å². The Bertz CT molecular complexity index is 794. The summed E-state index contributed by atoms with van der Waals surface area (Å²) in [5.74, 6) is 1.07. The van der Waals surface area contributed by atoms with E-state index in [1.165, 1.54) is 11.1 Å². The fraction of sp³-hybridized carbons (Fsp3) is 0.333. The van der Waals surface area contributed by atoms with Gasteiger partial charge in [0, 0.05) is 10.4 Å². The van der Waals surface area contributed by atoms with Crippen LogP contribution in [0.15, 0.2) is 53.0 Å². The molecule has 0 fully saturated rings. The lowest BCUT2D eigenvalue weighted by atomic mass is 9.77. The second-order valence-corrected chi connectivity index (χ2v) is 8.06. The van der Waals surface area contributed by atoms with Crippen molar-refractivity contribution in [1.29, 1.82) is 0 Å². The minimum absolute atomic E-state index is 0.148. The summed E-state index contributed by atoms with van der Waals surface area (Å²) in [5, 5.41) is 3.49. The molecule has 0 spiro atoms. The number of allylic oxidation sites excluding steroid dienone is 2. The summed E-state index contributed by atoms with van der Waals surface area (Å²) in [7, 11) is 0. The largest absolute Gasteiger partial charge is 0.375 e. The summed E-state index contributed by atoms with van der Waals surface area (Å²) in [6.45, 7) is 4.41. The van der Waals surface area contributed by atoms with Gasteiger partial charge < -0.3 is 5.32 Å². The molecule has 1 aliphatic heterocycles. The Balaban J connectivity index is 1.75. The first-order chi connectivity index (χ1) is 11.5. The molecule has 4 rings (SSSR count). The van der Waals surface area contributed by atoms with Crippen molar-refractivity contribution in [2.45, 2.75) is 38.1 Å². The van der Waals surface area contributed by atoms with E-state index in [-0.39, 0.29) is 17.8 Å². The van der Waals surface area contributed by atoms with Gasteiger partial charge in [-0.05, 0) is 47.1 Å². The molecule has 2 aliphatic rings. The van der Waals surface area contributed by atoms with Gasteiger partial charge in [-0.2, -0.15) is 0 Å². The minimum Gasteiger partial charge on any atom is -0.375 e. The molecule has 0 amide bonds. The summed E-state index contributed by atoms with van der Waals surface area (Å²) in [6, 6.07) is 12.5. The molecule has 0 saturated carbocycles. The highest BCUT2D eigenvalue weighted by atomic mass is 79.9. The third-order valence-corrected chi connectivity index (χ3v) is 5.81. The molecule has 0 saturated heterocycles. The summed E-state index contributed by atoms with van der Waals surface area (Å²) in [5.41, 5.74) is 4.30. The number of nitrogens with one attached hydrogen (secondary N) is 1. The third-order valence-electron chi connectivity index (χ3n) is 5.35. The lowest BCUT2D eigenvalue weighted by molar-refractivity contribution is 0.420. The molecule has 1 aliphatic carbocycles. The highest BCUT2D eigenvalue weighted by molar-refractivity contribution is 9.10. The number of rotatable bonds is 2. The molecule has 2 aromatic rings. The standard InChI is InChI=1S/C21H21BrFN/c1-12(2)13-6-8-14(9-7-13)20-17-5-3-4-16(17)18-10-15(22)11-19(23)21(18)24-20/h3-4,6-12,16-17,20,24H,5H2,1-2H3/t16-,17-,20-/m0/s1. The topological polar surface area (TPSA) is 12.0 Å². The fourth-order valence-electron chi connectivity index (χ4n) is 4.04. The zero-order valence-corrected chi connectivity index (χ0v) is 15.5. The van der Waals surface area contributed by atoms with Gasteiger partial charge in [0.25, 0.3) is 0 Å². The van der Waals surface area contributed by atoms with Crippen molar-refractivity contribution in [2.75, 3.05) is 5.32 Å². The lowest BCUT2D eigenvalue weighted by Crippen LogP contribution is -2.29. The zero-order chi connectivity index (χ0) is 16.8. The highest BCUT2D eigenvalue weighted by Crippen LogP contribution is 2.51. The van der Waals surface area contributed by atoms with Crippen LogP contribution in [0.3, 0.4) is 0 Å². The van der Waals surface area contributed by atoms with E-state index in [1.807, 2.05) is 0 Å². The molecule has 0 radical (unpaired) electrons. The highest BCUT2D eigenvalue weighted by Gasteiger charge is 2.39. The molecule has 3 atom stereocenters. The van der Waals surface area contributed by atoms with E-state index in [1.54, 1.807) is 6.07 Å². The molecule has 1 N–H and O–H groups in total. The minimum atomic E-state index is -0.179. The van der Waals surface area contributed by atoms with Gasteiger partial charge in [0.15, 0.2) is 0 Å². The second kappa shape index (κ2) is 6.03. The van der Waals surface area contributed by atoms with Crippen LogP contribution in [0.5, 0.6) is 0 Å². The first-order valence-electron chi connectivity index (χ1n) is 8.56. The van der Waals surface area contributed by atoms with Crippen LogP contribution in [-0.2, 0) is 0 Å². The first-order valence-corrected chi connectivity index (χ1v) is 9.36. The molecule has 0 bridgehead atoms. The van der Waals surface area contributed by atoms with E-state index in [9.17, 15) is 4.39 Å². The van der Waals surface area contributed by atoms with Gasteiger partial charge in [-0.3, -0.25) is 0 Å². The van der Waals surface area contributed by atoms with Gasteiger partial charge in [-0.15, -0.1) is 0 Å². The second-order valence-electron chi connectivity index (χ2n) is 7.15. The van der Waals surface area contributed by atoms with Crippen LogP contribution in [0.1, 0.15) is 54.8 Å².